The number of aryl methyl sites for hydroxylation is 2. The van der Waals surface area contributed by atoms with Crippen LogP contribution < -0.4 is 15.0 Å². The highest BCUT2D eigenvalue weighted by atomic mass is 32.1. The molecule has 0 amide bonds. The Morgan fingerprint density at radius 3 is 2.62 bits per heavy atom. The van der Waals surface area contributed by atoms with Crippen molar-refractivity contribution in [3.05, 3.63) is 51.4 Å². The summed E-state index contributed by atoms with van der Waals surface area (Å²) in [5, 5.41) is 0.827. The van der Waals surface area contributed by atoms with Gasteiger partial charge in [-0.05, 0) is 62.4 Å². The van der Waals surface area contributed by atoms with Crippen molar-refractivity contribution < 1.29 is 9.47 Å². The van der Waals surface area contributed by atoms with Gasteiger partial charge in [0.25, 0.3) is 5.56 Å². The lowest BCUT2D eigenvalue weighted by Gasteiger charge is -2.11. The number of rotatable bonds is 6. The molecule has 6 heteroatoms. The quantitative estimate of drug-likeness (QED) is 0.662. The van der Waals surface area contributed by atoms with E-state index in [1.54, 1.807) is 22.2 Å². The van der Waals surface area contributed by atoms with Crippen molar-refractivity contribution in [3.8, 4) is 11.5 Å². The maximum absolute atomic E-state index is 12.9. The molecule has 0 atom stereocenters. The van der Waals surface area contributed by atoms with E-state index >= 15 is 0 Å². The zero-order valence-corrected chi connectivity index (χ0v) is 15.7. The van der Waals surface area contributed by atoms with Gasteiger partial charge in [-0.2, -0.15) is 0 Å². The van der Waals surface area contributed by atoms with Crippen LogP contribution in [-0.4, -0.2) is 22.8 Å². The van der Waals surface area contributed by atoms with E-state index in [-0.39, 0.29) is 5.56 Å². The molecule has 26 heavy (non-hydrogen) atoms. The van der Waals surface area contributed by atoms with E-state index in [1.165, 1.54) is 16.9 Å². The van der Waals surface area contributed by atoms with Gasteiger partial charge >= 0.3 is 0 Å². The van der Waals surface area contributed by atoms with E-state index in [0.717, 1.165) is 41.0 Å². The van der Waals surface area contributed by atoms with E-state index in [2.05, 4.69) is 4.98 Å². The summed E-state index contributed by atoms with van der Waals surface area (Å²) in [6, 6.07) is 7.53. The van der Waals surface area contributed by atoms with Crippen molar-refractivity contribution in [1.29, 1.82) is 0 Å². The third kappa shape index (κ3) is 3.33. The molecule has 2 aromatic heterocycles. The molecule has 0 spiro atoms. The molecule has 0 fully saturated rings. The van der Waals surface area contributed by atoms with Crippen LogP contribution in [0.25, 0.3) is 10.2 Å². The van der Waals surface area contributed by atoms with Gasteiger partial charge in [0.1, 0.15) is 22.9 Å². The van der Waals surface area contributed by atoms with Crippen LogP contribution in [0.2, 0.25) is 0 Å². The maximum Gasteiger partial charge on any atom is 0.262 e. The lowest BCUT2D eigenvalue weighted by Crippen LogP contribution is -2.24. The first kappa shape index (κ1) is 17.1. The first-order chi connectivity index (χ1) is 12.8. The van der Waals surface area contributed by atoms with Gasteiger partial charge in [-0.15, -0.1) is 11.3 Å². The Balaban J connectivity index is 1.47. The van der Waals surface area contributed by atoms with Crippen LogP contribution in [0.15, 0.2) is 35.4 Å². The average Bonchev–Trinajstić information content (AvgIpc) is 3.04. The highest BCUT2D eigenvalue weighted by molar-refractivity contribution is 7.18. The summed E-state index contributed by atoms with van der Waals surface area (Å²) in [4.78, 5) is 19.6. The maximum atomic E-state index is 12.9. The highest BCUT2D eigenvalue weighted by Gasteiger charge is 2.19. The molecular weight excluding hydrogens is 348 g/mol. The fourth-order valence-corrected chi connectivity index (χ4v) is 4.62. The van der Waals surface area contributed by atoms with Crippen molar-refractivity contribution >= 4 is 21.6 Å². The number of aromatic nitrogens is 2. The number of fused-ring (bicyclic) bond motifs is 3. The third-order valence-corrected chi connectivity index (χ3v) is 5.88. The molecule has 2 heterocycles. The molecular formula is C20H22N2O3S. The molecule has 1 aliphatic carbocycles. The van der Waals surface area contributed by atoms with Crippen molar-refractivity contribution in [2.45, 2.75) is 39.2 Å². The van der Waals surface area contributed by atoms with Gasteiger partial charge in [0.15, 0.2) is 0 Å². The first-order valence-electron chi connectivity index (χ1n) is 9.11. The largest absolute Gasteiger partial charge is 0.494 e. The van der Waals surface area contributed by atoms with Gasteiger partial charge in [-0.1, -0.05) is 0 Å². The molecule has 3 aromatic rings. The fourth-order valence-electron chi connectivity index (χ4n) is 3.40. The smallest absolute Gasteiger partial charge is 0.262 e. The molecule has 1 aliphatic rings. The number of hydrogen-bond acceptors (Lipinski definition) is 5. The summed E-state index contributed by atoms with van der Waals surface area (Å²) in [5.41, 5.74) is 1.29. The normalized spacial score (nSPS) is 13.6. The Morgan fingerprint density at radius 2 is 1.85 bits per heavy atom. The SMILES string of the molecule is CCOc1ccc(OCCn2cnc3sc4c(c3c2=O)CCCC4)cc1. The van der Waals surface area contributed by atoms with Gasteiger partial charge in [-0.3, -0.25) is 9.36 Å². The summed E-state index contributed by atoms with van der Waals surface area (Å²) >= 11 is 1.68. The van der Waals surface area contributed by atoms with Crippen molar-refractivity contribution in [3.63, 3.8) is 0 Å². The summed E-state index contributed by atoms with van der Waals surface area (Å²) in [6.07, 6.45) is 6.10. The van der Waals surface area contributed by atoms with Gasteiger partial charge < -0.3 is 9.47 Å². The lowest BCUT2D eigenvalue weighted by atomic mass is 9.97. The first-order valence-corrected chi connectivity index (χ1v) is 9.93. The Bertz CT molecular complexity index is 960. The lowest BCUT2D eigenvalue weighted by molar-refractivity contribution is 0.294. The van der Waals surface area contributed by atoms with Gasteiger partial charge in [0.05, 0.1) is 24.9 Å². The number of thiophene rings is 1. The van der Waals surface area contributed by atoms with Crippen LogP contribution in [0.4, 0.5) is 0 Å². The Labute approximate surface area is 156 Å². The second kappa shape index (κ2) is 7.50. The van der Waals surface area contributed by atoms with Crippen LogP contribution in [0.5, 0.6) is 11.5 Å². The molecule has 0 N–H and O–H groups in total. The fraction of sp³-hybridized carbons (Fsp3) is 0.400. The topological polar surface area (TPSA) is 53.4 Å². The minimum Gasteiger partial charge on any atom is -0.494 e. The predicted molar refractivity (Wildman–Crippen MR) is 104 cm³/mol. The van der Waals surface area contributed by atoms with Crippen LogP contribution >= 0.6 is 11.3 Å². The van der Waals surface area contributed by atoms with Gasteiger partial charge in [-0.25, -0.2) is 4.98 Å². The molecule has 0 aliphatic heterocycles. The zero-order valence-electron chi connectivity index (χ0n) is 14.9. The summed E-state index contributed by atoms with van der Waals surface area (Å²) in [5.74, 6) is 1.59. The Morgan fingerprint density at radius 1 is 1.12 bits per heavy atom. The van der Waals surface area contributed by atoms with Crippen molar-refractivity contribution in [2.75, 3.05) is 13.2 Å². The molecule has 0 saturated carbocycles. The van der Waals surface area contributed by atoms with E-state index in [0.29, 0.717) is 19.8 Å². The summed E-state index contributed by atoms with van der Waals surface area (Å²) in [7, 11) is 0. The third-order valence-electron chi connectivity index (χ3n) is 4.68. The standard InChI is InChI=1S/C20H22N2O3S/c1-2-24-14-7-9-15(10-8-14)25-12-11-22-13-21-19-18(20(22)23)16-5-3-4-6-17(16)26-19/h7-10,13H,2-6,11-12H2,1H3. The average molecular weight is 370 g/mol. The van der Waals surface area contributed by atoms with E-state index in [9.17, 15) is 4.79 Å². The molecule has 136 valence electrons. The molecule has 0 radical (unpaired) electrons. The minimum absolute atomic E-state index is 0.0599. The minimum atomic E-state index is 0.0599. The van der Waals surface area contributed by atoms with Crippen LogP contribution in [-0.2, 0) is 19.4 Å². The van der Waals surface area contributed by atoms with Crippen molar-refractivity contribution in [1.82, 2.24) is 9.55 Å². The molecule has 0 bridgehead atoms. The summed E-state index contributed by atoms with van der Waals surface area (Å²) < 4.78 is 12.8. The molecule has 4 rings (SSSR count). The number of benzene rings is 1. The summed E-state index contributed by atoms with van der Waals surface area (Å²) in [6.45, 7) is 3.51. The second-order valence-corrected chi connectivity index (χ2v) is 7.47. The van der Waals surface area contributed by atoms with E-state index < -0.39 is 0 Å². The second-order valence-electron chi connectivity index (χ2n) is 6.39. The predicted octanol–water partition coefficient (Wildman–Crippen LogP) is 3.81. The highest BCUT2D eigenvalue weighted by Crippen LogP contribution is 2.33. The molecule has 1 aromatic carbocycles. The molecule has 0 unspecified atom stereocenters. The van der Waals surface area contributed by atoms with Gasteiger partial charge in [0, 0.05) is 4.88 Å². The van der Waals surface area contributed by atoms with Crippen molar-refractivity contribution in [2.24, 2.45) is 0 Å². The number of nitrogens with zero attached hydrogens (tertiary/aromatic N) is 2. The Hall–Kier alpha value is -2.34. The number of hydrogen-bond donors (Lipinski definition) is 0. The van der Waals surface area contributed by atoms with E-state index in [1.807, 2.05) is 31.2 Å². The van der Waals surface area contributed by atoms with Gasteiger partial charge in [0.2, 0.25) is 0 Å². The zero-order chi connectivity index (χ0) is 17.9. The van der Waals surface area contributed by atoms with Crippen LogP contribution in [0.3, 0.4) is 0 Å². The number of ether oxygens (including phenoxy) is 2. The monoisotopic (exact) mass is 370 g/mol. The van der Waals surface area contributed by atoms with E-state index in [4.69, 9.17) is 9.47 Å². The van der Waals surface area contributed by atoms with Crippen LogP contribution in [0.1, 0.15) is 30.2 Å². The Kier molecular flexibility index (Phi) is 4.93. The molecule has 0 saturated heterocycles. The molecule has 5 nitrogen and oxygen atoms in total. The van der Waals surface area contributed by atoms with Crippen LogP contribution in [0, 0.1) is 0 Å².